The number of nitrogens with zero attached hydrogens (tertiary/aromatic N) is 3. The summed E-state index contributed by atoms with van der Waals surface area (Å²) in [6.07, 6.45) is 2.96. The summed E-state index contributed by atoms with van der Waals surface area (Å²) in [6, 6.07) is 3.62. The van der Waals surface area contributed by atoms with Gasteiger partial charge in [-0.25, -0.2) is 8.99 Å². The van der Waals surface area contributed by atoms with Gasteiger partial charge in [-0.1, -0.05) is 0 Å². The molecule has 0 saturated carbocycles. The van der Waals surface area contributed by atoms with E-state index in [9.17, 15) is 4.21 Å². The first-order valence-corrected chi connectivity index (χ1v) is 5.98. The van der Waals surface area contributed by atoms with Crippen molar-refractivity contribution in [2.75, 3.05) is 6.26 Å². The highest BCUT2D eigenvalue weighted by molar-refractivity contribution is 7.91. The lowest BCUT2D eigenvalue weighted by Gasteiger charge is -1.93. The molecule has 0 spiro atoms. The van der Waals surface area contributed by atoms with Gasteiger partial charge in [0.25, 0.3) is 0 Å². The zero-order valence-corrected chi connectivity index (χ0v) is 8.71. The average molecular weight is 210 g/mol. The van der Waals surface area contributed by atoms with Gasteiger partial charge < -0.3 is 0 Å². The van der Waals surface area contributed by atoms with E-state index in [4.69, 9.17) is 4.78 Å². The van der Waals surface area contributed by atoms with E-state index in [2.05, 4.69) is 10.1 Å². The Hall–Kier alpha value is -1.43. The number of fused-ring (bicyclic) bond motifs is 1. The largest absolute Gasteiger partial charge is 0.265 e. The zero-order chi connectivity index (χ0) is 10.3. The highest BCUT2D eigenvalue weighted by Gasteiger charge is 2.15. The topological polar surface area (TPSA) is 71.6 Å². The first-order valence-electron chi connectivity index (χ1n) is 4.01. The molecule has 0 bridgehead atoms. The van der Waals surface area contributed by atoms with E-state index in [-0.39, 0.29) is 5.03 Å². The van der Waals surface area contributed by atoms with Crippen LogP contribution in [0.25, 0.3) is 11.0 Å². The molecule has 6 heteroatoms. The van der Waals surface area contributed by atoms with Crippen LogP contribution in [0.1, 0.15) is 0 Å². The van der Waals surface area contributed by atoms with Crippen molar-refractivity contribution in [1.29, 1.82) is 4.78 Å². The molecular weight excluding hydrogens is 200 g/mol. The molecule has 0 aliphatic rings. The summed E-state index contributed by atoms with van der Waals surface area (Å²) in [6.45, 7) is 0. The van der Waals surface area contributed by atoms with Gasteiger partial charge in [0.15, 0.2) is 5.03 Å². The second-order valence-corrected chi connectivity index (χ2v) is 5.22. The lowest BCUT2D eigenvalue weighted by Crippen LogP contribution is -1.98. The van der Waals surface area contributed by atoms with E-state index >= 15 is 0 Å². The summed E-state index contributed by atoms with van der Waals surface area (Å²) in [5, 5.41) is 4.31. The van der Waals surface area contributed by atoms with Crippen LogP contribution in [0.4, 0.5) is 0 Å². The number of hydrogen-bond acceptors (Lipinski definition) is 4. The minimum absolute atomic E-state index is 0.260. The Kier molecular flexibility index (Phi) is 1.81. The van der Waals surface area contributed by atoms with Crippen LogP contribution < -0.4 is 0 Å². The van der Waals surface area contributed by atoms with Gasteiger partial charge in [0.1, 0.15) is 5.52 Å². The van der Waals surface area contributed by atoms with Gasteiger partial charge in [-0.3, -0.25) is 9.67 Å². The van der Waals surface area contributed by atoms with Crippen LogP contribution in [-0.2, 0) is 16.8 Å². The third-order valence-corrected chi connectivity index (χ3v) is 2.96. The van der Waals surface area contributed by atoms with Crippen molar-refractivity contribution in [3.63, 3.8) is 0 Å². The van der Waals surface area contributed by atoms with Crippen molar-refractivity contribution in [1.82, 2.24) is 14.8 Å². The molecule has 5 nitrogen and oxygen atoms in total. The van der Waals surface area contributed by atoms with Crippen LogP contribution in [0.3, 0.4) is 0 Å². The van der Waals surface area contributed by atoms with Crippen LogP contribution in [-0.4, -0.2) is 25.2 Å². The lowest BCUT2D eigenvalue weighted by atomic mass is 10.4. The van der Waals surface area contributed by atoms with Gasteiger partial charge in [-0.2, -0.15) is 5.10 Å². The molecule has 2 aromatic rings. The number of nitrogens with one attached hydrogen (secondary N) is 1. The molecule has 0 aromatic carbocycles. The third-order valence-electron chi connectivity index (χ3n) is 1.95. The Bertz CT molecular complexity index is 584. The maximum Gasteiger partial charge on any atom is 0.183 e. The number of rotatable bonds is 1. The first kappa shape index (κ1) is 9.14. The molecule has 2 aromatic heterocycles. The maximum absolute atomic E-state index is 11.6. The van der Waals surface area contributed by atoms with Gasteiger partial charge >= 0.3 is 0 Å². The molecule has 0 aliphatic carbocycles. The number of aromatic nitrogens is 3. The molecule has 14 heavy (non-hydrogen) atoms. The first-order chi connectivity index (χ1) is 6.50. The summed E-state index contributed by atoms with van der Waals surface area (Å²) >= 11 is 0. The van der Waals surface area contributed by atoms with Crippen LogP contribution >= 0.6 is 0 Å². The van der Waals surface area contributed by atoms with Crippen molar-refractivity contribution in [3.05, 3.63) is 18.3 Å². The van der Waals surface area contributed by atoms with Gasteiger partial charge in [-0.05, 0) is 12.1 Å². The second kappa shape index (κ2) is 2.78. The van der Waals surface area contributed by atoms with E-state index in [1.807, 2.05) is 6.07 Å². The maximum atomic E-state index is 11.6. The number of pyridine rings is 1. The minimum atomic E-state index is -2.80. The van der Waals surface area contributed by atoms with Crippen LogP contribution in [0.15, 0.2) is 23.4 Å². The van der Waals surface area contributed by atoms with Crippen LogP contribution in [0, 0.1) is 4.78 Å². The molecule has 0 radical (unpaired) electrons. The van der Waals surface area contributed by atoms with Crippen LogP contribution in [0.2, 0.25) is 0 Å². The quantitative estimate of drug-likeness (QED) is 0.763. The van der Waals surface area contributed by atoms with E-state index < -0.39 is 9.73 Å². The third kappa shape index (κ3) is 1.27. The molecule has 2 rings (SSSR count). The zero-order valence-electron chi connectivity index (χ0n) is 7.89. The number of aryl methyl sites for hydroxylation is 1. The SMILES string of the molecule is Cn1nc(S(C)(=N)=O)c2ncccc21. The second-order valence-electron chi connectivity index (χ2n) is 3.14. The molecule has 0 aliphatic heterocycles. The molecule has 1 unspecified atom stereocenters. The predicted molar refractivity (Wildman–Crippen MR) is 53.6 cm³/mol. The van der Waals surface area contributed by atoms with Crippen molar-refractivity contribution in [3.8, 4) is 0 Å². The summed E-state index contributed by atoms with van der Waals surface area (Å²) in [5.41, 5.74) is 1.35. The molecule has 0 fully saturated rings. The fraction of sp³-hybridized carbons (Fsp3) is 0.250. The summed E-state index contributed by atoms with van der Waals surface area (Å²) in [7, 11) is -1.05. The van der Waals surface area contributed by atoms with Gasteiger partial charge in [0.2, 0.25) is 0 Å². The van der Waals surface area contributed by atoms with Crippen molar-refractivity contribution >= 4 is 20.8 Å². The Morgan fingerprint density at radius 3 is 2.93 bits per heavy atom. The normalized spacial score (nSPS) is 15.6. The van der Waals surface area contributed by atoms with Crippen molar-refractivity contribution in [2.24, 2.45) is 7.05 Å². The van der Waals surface area contributed by atoms with Crippen molar-refractivity contribution in [2.45, 2.75) is 5.03 Å². The summed E-state index contributed by atoms with van der Waals surface area (Å²) < 4.78 is 20.6. The van der Waals surface area contributed by atoms with E-state index in [0.29, 0.717) is 5.52 Å². The Morgan fingerprint density at radius 2 is 2.29 bits per heavy atom. The Morgan fingerprint density at radius 1 is 1.57 bits per heavy atom. The Balaban J connectivity index is 2.93. The molecule has 1 atom stereocenters. The molecular formula is C8H10N4OS. The highest BCUT2D eigenvalue weighted by atomic mass is 32.2. The lowest BCUT2D eigenvalue weighted by molar-refractivity contribution is 0.670. The fourth-order valence-corrected chi connectivity index (χ4v) is 2.13. The van der Waals surface area contributed by atoms with Gasteiger partial charge in [0, 0.05) is 19.5 Å². The molecule has 1 N–H and O–H groups in total. The summed E-state index contributed by atoms with van der Waals surface area (Å²) in [4.78, 5) is 4.09. The van der Waals surface area contributed by atoms with Crippen LogP contribution in [0.5, 0.6) is 0 Å². The monoisotopic (exact) mass is 210 g/mol. The predicted octanol–water partition coefficient (Wildman–Crippen LogP) is 1.00. The van der Waals surface area contributed by atoms with Crippen molar-refractivity contribution < 1.29 is 4.21 Å². The highest BCUT2D eigenvalue weighted by Crippen LogP contribution is 2.18. The molecule has 2 heterocycles. The number of hydrogen-bond donors (Lipinski definition) is 1. The summed E-state index contributed by atoms with van der Waals surface area (Å²) in [5.74, 6) is 0. The smallest absolute Gasteiger partial charge is 0.183 e. The van der Waals surface area contributed by atoms with Gasteiger partial charge in [-0.15, -0.1) is 0 Å². The van der Waals surface area contributed by atoms with E-state index in [1.165, 1.54) is 6.26 Å². The van der Waals surface area contributed by atoms with Gasteiger partial charge in [0.05, 0.1) is 15.2 Å². The van der Waals surface area contributed by atoms with E-state index in [1.54, 1.807) is 24.0 Å². The average Bonchev–Trinajstić information content (AvgIpc) is 2.44. The standard InChI is InChI=1S/C8H10N4OS/c1-12-6-4-3-5-10-7(6)8(11-12)14(2,9)13/h3-5,9H,1-2H3. The minimum Gasteiger partial charge on any atom is -0.265 e. The molecule has 0 amide bonds. The fourth-order valence-electron chi connectivity index (χ4n) is 1.32. The Labute approximate surface area is 81.7 Å². The molecule has 0 saturated heterocycles. The molecule has 74 valence electrons. The van der Waals surface area contributed by atoms with E-state index in [0.717, 1.165) is 5.52 Å².